The molecule has 1 aromatic heterocycles. The maximum absolute atomic E-state index is 9.86. The molecule has 0 fully saturated rings. The molecule has 3 aromatic carbocycles. The van der Waals surface area contributed by atoms with Crippen LogP contribution in [0.1, 0.15) is 22.6 Å². The maximum Gasteiger partial charge on any atom is 0.244 e. The second-order valence-electron chi connectivity index (χ2n) is 7.45. The van der Waals surface area contributed by atoms with E-state index in [0.29, 0.717) is 18.1 Å². The van der Waals surface area contributed by atoms with Crippen molar-refractivity contribution in [2.45, 2.75) is 12.5 Å². The summed E-state index contributed by atoms with van der Waals surface area (Å²) >= 11 is 0. The van der Waals surface area contributed by atoms with Crippen LogP contribution in [-0.2, 0) is 6.61 Å². The van der Waals surface area contributed by atoms with E-state index in [1.165, 1.54) is 0 Å². The summed E-state index contributed by atoms with van der Waals surface area (Å²) in [6.07, 6.45) is 0. The highest BCUT2D eigenvalue weighted by molar-refractivity contribution is 5.70. The summed E-state index contributed by atoms with van der Waals surface area (Å²) in [6.45, 7) is 0.484. The molecule has 6 nitrogen and oxygen atoms in total. The van der Waals surface area contributed by atoms with E-state index in [1.807, 2.05) is 84.9 Å². The number of nitriles is 1. The Balaban J connectivity index is 1.50. The van der Waals surface area contributed by atoms with E-state index in [9.17, 15) is 5.26 Å². The number of allylic oxidation sites excluding steroid dienone is 1. The lowest BCUT2D eigenvalue weighted by molar-refractivity contribution is 0.306. The van der Waals surface area contributed by atoms with E-state index in [2.05, 4.69) is 16.3 Å². The molecule has 1 unspecified atom stereocenters. The zero-order valence-corrected chi connectivity index (χ0v) is 17.2. The van der Waals surface area contributed by atoms with Crippen molar-refractivity contribution >= 4 is 0 Å². The molecule has 2 heterocycles. The molecular formula is C26H20N4O2. The minimum atomic E-state index is -0.402. The molecule has 0 bridgehead atoms. The topological polar surface area (TPSA) is 97.0 Å². The van der Waals surface area contributed by atoms with Crippen LogP contribution in [0.3, 0.4) is 0 Å². The quantitative estimate of drug-likeness (QED) is 0.480. The predicted octanol–water partition coefficient (Wildman–Crippen LogP) is 4.87. The zero-order chi connectivity index (χ0) is 21.9. The number of ether oxygens (including phenoxy) is 2. The second kappa shape index (κ2) is 8.32. The molecule has 1 atom stereocenters. The van der Waals surface area contributed by atoms with Crippen molar-refractivity contribution in [3.8, 4) is 29.0 Å². The Labute approximate surface area is 185 Å². The van der Waals surface area contributed by atoms with E-state index in [0.717, 1.165) is 33.7 Å². The third kappa shape index (κ3) is 3.57. The number of hydrogen-bond donors (Lipinski definition) is 2. The molecule has 4 aromatic rings. The van der Waals surface area contributed by atoms with Crippen molar-refractivity contribution in [1.29, 1.82) is 5.26 Å². The Morgan fingerprint density at radius 2 is 1.66 bits per heavy atom. The molecular weight excluding hydrogens is 400 g/mol. The Bertz CT molecular complexity index is 1300. The van der Waals surface area contributed by atoms with Crippen LogP contribution in [0.15, 0.2) is 96.4 Å². The van der Waals surface area contributed by atoms with Gasteiger partial charge in [-0.15, -0.1) is 5.10 Å². The first kappa shape index (κ1) is 19.5. The van der Waals surface area contributed by atoms with Gasteiger partial charge in [0.25, 0.3) is 0 Å². The molecule has 3 N–H and O–H groups in total. The Hall–Kier alpha value is -4.50. The highest BCUT2D eigenvalue weighted by Gasteiger charge is 2.35. The van der Waals surface area contributed by atoms with Crippen LogP contribution >= 0.6 is 0 Å². The van der Waals surface area contributed by atoms with Crippen LogP contribution in [0.5, 0.6) is 11.6 Å². The van der Waals surface area contributed by atoms with E-state index >= 15 is 0 Å². The van der Waals surface area contributed by atoms with Gasteiger partial charge in [0, 0.05) is 0 Å². The van der Waals surface area contributed by atoms with Crippen molar-refractivity contribution in [2.75, 3.05) is 0 Å². The smallest absolute Gasteiger partial charge is 0.244 e. The van der Waals surface area contributed by atoms with Gasteiger partial charge in [-0.2, -0.15) is 5.26 Å². The van der Waals surface area contributed by atoms with Gasteiger partial charge in [-0.1, -0.05) is 72.8 Å². The number of fused-ring (bicyclic) bond motifs is 1. The molecule has 1 aliphatic rings. The number of rotatable bonds is 5. The molecule has 0 saturated carbocycles. The lowest BCUT2D eigenvalue weighted by atomic mass is 9.83. The van der Waals surface area contributed by atoms with Crippen molar-refractivity contribution in [3.63, 3.8) is 0 Å². The average molecular weight is 420 g/mol. The lowest BCUT2D eigenvalue weighted by Gasteiger charge is -2.24. The first-order valence-corrected chi connectivity index (χ1v) is 10.2. The van der Waals surface area contributed by atoms with E-state index in [1.54, 1.807) is 0 Å². The Kier molecular flexibility index (Phi) is 5.06. The molecule has 6 heteroatoms. The number of nitrogens with zero attached hydrogens (tertiary/aromatic N) is 2. The molecule has 0 spiro atoms. The summed E-state index contributed by atoms with van der Waals surface area (Å²) in [4.78, 5) is 0. The summed E-state index contributed by atoms with van der Waals surface area (Å²) in [5.74, 6) is 0.798. The molecule has 0 saturated heterocycles. The first-order chi connectivity index (χ1) is 15.7. The summed E-state index contributed by atoms with van der Waals surface area (Å²) in [7, 11) is 0. The zero-order valence-electron chi connectivity index (χ0n) is 17.2. The molecule has 156 valence electrons. The van der Waals surface area contributed by atoms with Crippen molar-refractivity contribution in [2.24, 2.45) is 5.73 Å². The van der Waals surface area contributed by atoms with Gasteiger partial charge in [-0.05, 0) is 28.8 Å². The van der Waals surface area contributed by atoms with Crippen LogP contribution in [0.2, 0.25) is 0 Å². The summed E-state index contributed by atoms with van der Waals surface area (Å²) in [6, 6.07) is 29.8. The summed E-state index contributed by atoms with van der Waals surface area (Å²) in [5, 5.41) is 17.2. The number of hydrogen-bond acceptors (Lipinski definition) is 5. The van der Waals surface area contributed by atoms with Crippen LogP contribution in [0, 0.1) is 11.3 Å². The number of nitrogens with one attached hydrogen (secondary N) is 1. The lowest BCUT2D eigenvalue weighted by Crippen LogP contribution is -2.21. The van der Waals surface area contributed by atoms with E-state index in [-0.39, 0.29) is 5.88 Å². The second-order valence-corrected chi connectivity index (χ2v) is 7.45. The predicted molar refractivity (Wildman–Crippen MR) is 121 cm³/mol. The van der Waals surface area contributed by atoms with Crippen molar-refractivity contribution < 1.29 is 9.47 Å². The number of H-pyrrole nitrogens is 1. The van der Waals surface area contributed by atoms with Crippen LogP contribution < -0.4 is 15.2 Å². The molecule has 0 amide bonds. The van der Waals surface area contributed by atoms with E-state index in [4.69, 9.17) is 15.2 Å². The number of aromatic nitrogens is 2. The van der Waals surface area contributed by atoms with Gasteiger partial charge < -0.3 is 15.2 Å². The Morgan fingerprint density at radius 3 is 2.34 bits per heavy atom. The Morgan fingerprint density at radius 1 is 0.969 bits per heavy atom. The van der Waals surface area contributed by atoms with Crippen LogP contribution in [-0.4, -0.2) is 10.2 Å². The van der Waals surface area contributed by atoms with Gasteiger partial charge >= 0.3 is 0 Å². The standard InChI is InChI=1S/C26H20N4O2/c27-15-21-22(18-11-13-20(14-12-18)31-16-17-7-3-1-4-8-17)23-24(19-9-5-2-6-10-19)29-30-26(23)32-25(21)28/h1-14,22H,16,28H2,(H,29,30). The van der Waals surface area contributed by atoms with Crippen molar-refractivity contribution in [3.05, 3.63) is 113 Å². The van der Waals surface area contributed by atoms with Crippen molar-refractivity contribution in [1.82, 2.24) is 10.2 Å². The molecule has 5 rings (SSSR count). The average Bonchev–Trinajstić information content (AvgIpc) is 3.27. The normalized spacial score (nSPS) is 14.9. The number of nitrogens with two attached hydrogens (primary N) is 1. The van der Waals surface area contributed by atoms with Gasteiger partial charge in [0.15, 0.2) is 0 Å². The first-order valence-electron chi connectivity index (χ1n) is 10.2. The highest BCUT2D eigenvalue weighted by atomic mass is 16.5. The van der Waals surface area contributed by atoms with E-state index < -0.39 is 5.92 Å². The minimum Gasteiger partial charge on any atom is -0.489 e. The van der Waals surface area contributed by atoms with Gasteiger partial charge in [0.1, 0.15) is 24.0 Å². The molecule has 0 radical (unpaired) electrons. The summed E-state index contributed by atoms with van der Waals surface area (Å²) in [5.41, 5.74) is 11.0. The largest absolute Gasteiger partial charge is 0.489 e. The minimum absolute atomic E-state index is 0.0699. The number of aromatic amines is 1. The fraction of sp³-hybridized carbons (Fsp3) is 0.0769. The SMILES string of the molecule is N#CC1=C(N)Oc2n[nH]c(-c3ccccc3)c2C1c1ccc(OCc2ccccc2)cc1. The fourth-order valence-electron chi connectivity index (χ4n) is 3.90. The van der Waals surface area contributed by atoms with Gasteiger partial charge in [-0.3, -0.25) is 5.10 Å². The fourth-order valence-corrected chi connectivity index (χ4v) is 3.90. The monoisotopic (exact) mass is 420 g/mol. The molecule has 0 aliphatic carbocycles. The van der Waals surface area contributed by atoms with Crippen LogP contribution in [0.4, 0.5) is 0 Å². The molecule has 32 heavy (non-hydrogen) atoms. The third-order valence-corrected chi connectivity index (χ3v) is 5.46. The van der Waals surface area contributed by atoms with Gasteiger partial charge in [-0.25, -0.2) is 0 Å². The third-order valence-electron chi connectivity index (χ3n) is 5.46. The van der Waals surface area contributed by atoms with Gasteiger partial charge in [0.05, 0.1) is 17.2 Å². The molecule has 1 aliphatic heterocycles. The van der Waals surface area contributed by atoms with Crippen LogP contribution in [0.25, 0.3) is 11.3 Å². The highest BCUT2D eigenvalue weighted by Crippen LogP contribution is 2.45. The summed E-state index contributed by atoms with van der Waals surface area (Å²) < 4.78 is 11.6. The maximum atomic E-state index is 9.86. The number of benzene rings is 3. The van der Waals surface area contributed by atoms with Gasteiger partial charge in [0.2, 0.25) is 11.8 Å².